The second-order valence-corrected chi connectivity index (χ2v) is 5.51. The number of nitrogens with zero attached hydrogens (tertiary/aromatic N) is 1. The van der Waals surface area contributed by atoms with Crippen molar-refractivity contribution in [3.63, 3.8) is 0 Å². The van der Waals surface area contributed by atoms with Crippen molar-refractivity contribution in [1.29, 1.82) is 0 Å². The van der Waals surface area contributed by atoms with Gasteiger partial charge in [0.05, 0.1) is 6.26 Å². The molecule has 1 atom stereocenters. The van der Waals surface area contributed by atoms with Crippen LogP contribution in [0.15, 0.2) is 12.1 Å². The number of hydrogen-bond acceptors (Lipinski definition) is 6. The predicted molar refractivity (Wildman–Crippen MR) is 60.0 cm³/mol. The van der Waals surface area contributed by atoms with Crippen LogP contribution in [0.2, 0.25) is 5.15 Å². The van der Waals surface area contributed by atoms with Crippen molar-refractivity contribution in [2.45, 2.75) is 6.10 Å². The van der Waals surface area contributed by atoms with E-state index < -0.39 is 16.2 Å². The average molecular weight is 280 g/mol. The predicted octanol–water partition coefficient (Wildman–Crippen LogP) is 0.851. The van der Waals surface area contributed by atoms with Crippen molar-refractivity contribution in [3.05, 3.63) is 17.3 Å². The first-order valence-corrected chi connectivity index (χ1v) is 6.94. The molecule has 0 amide bonds. The van der Waals surface area contributed by atoms with E-state index in [0.717, 1.165) is 6.26 Å². The molecule has 8 heteroatoms. The summed E-state index contributed by atoms with van der Waals surface area (Å²) in [5.74, 6) is 0.718. The molecule has 0 aliphatic carbocycles. The molecule has 1 aliphatic heterocycles. The monoisotopic (exact) mass is 279 g/mol. The van der Waals surface area contributed by atoms with E-state index in [1.165, 1.54) is 0 Å². The van der Waals surface area contributed by atoms with E-state index in [4.69, 9.17) is 21.1 Å². The van der Waals surface area contributed by atoms with Gasteiger partial charge in [0.1, 0.15) is 18.4 Å². The van der Waals surface area contributed by atoms with E-state index in [1.54, 1.807) is 12.1 Å². The molecule has 1 aliphatic rings. The van der Waals surface area contributed by atoms with E-state index >= 15 is 0 Å². The zero-order valence-electron chi connectivity index (χ0n) is 8.92. The van der Waals surface area contributed by atoms with Crippen LogP contribution < -0.4 is 9.47 Å². The van der Waals surface area contributed by atoms with Gasteiger partial charge in [-0.05, 0) is 12.1 Å². The van der Waals surface area contributed by atoms with E-state index in [2.05, 4.69) is 9.17 Å². The van der Waals surface area contributed by atoms with Crippen molar-refractivity contribution in [2.24, 2.45) is 0 Å². The number of aromatic nitrogens is 1. The van der Waals surface area contributed by atoms with Crippen LogP contribution in [0.25, 0.3) is 0 Å². The van der Waals surface area contributed by atoms with Crippen molar-refractivity contribution in [3.8, 4) is 11.6 Å². The first-order chi connectivity index (χ1) is 7.94. The molecule has 6 nitrogen and oxygen atoms in total. The Kier molecular flexibility index (Phi) is 3.41. The number of fused-ring (bicyclic) bond motifs is 1. The van der Waals surface area contributed by atoms with Crippen LogP contribution >= 0.6 is 11.6 Å². The highest BCUT2D eigenvalue weighted by Gasteiger charge is 2.23. The van der Waals surface area contributed by atoms with Gasteiger partial charge in [0.25, 0.3) is 16.0 Å². The minimum atomic E-state index is -3.49. The van der Waals surface area contributed by atoms with Crippen molar-refractivity contribution in [1.82, 2.24) is 4.98 Å². The fraction of sp³-hybridized carbons (Fsp3) is 0.444. The number of ether oxygens (including phenoxy) is 2. The quantitative estimate of drug-likeness (QED) is 0.603. The van der Waals surface area contributed by atoms with Gasteiger partial charge in [-0.25, -0.2) is 0 Å². The standard InChI is InChI=1S/C9H10ClNO5S/c1-17(12,13)15-5-6-4-14-7-2-3-8(10)11-9(7)16-6/h2-3,6H,4-5H2,1H3. The molecule has 0 spiro atoms. The SMILES string of the molecule is CS(=O)(=O)OCC1COc2ccc(Cl)nc2O1. The van der Waals surface area contributed by atoms with Gasteiger partial charge < -0.3 is 9.47 Å². The molecule has 2 rings (SSSR count). The van der Waals surface area contributed by atoms with Gasteiger partial charge >= 0.3 is 0 Å². The van der Waals surface area contributed by atoms with Gasteiger partial charge in [0.2, 0.25) is 0 Å². The third kappa shape index (κ3) is 3.45. The summed E-state index contributed by atoms with van der Waals surface area (Å²) in [7, 11) is -3.49. The summed E-state index contributed by atoms with van der Waals surface area (Å²) in [5, 5.41) is 0.275. The number of hydrogen-bond donors (Lipinski definition) is 0. The zero-order valence-corrected chi connectivity index (χ0v) is 10.5. The number of pyridine rings is 1. The summed E-state index contributed by atoms with van der Waals surface area (Å²) in [6, 6.07) is 3.22. The van der Waals surface area contributed by atoms with E-state index in [1.807, 2.05) is 0 Å². The second kappa shape index (κ2) is 4.67. The summed E-state index contributed by atoms with van der Waals surface area (Å²) < 4.78 is 37.0. The summed E-state index contributed by atoms with van der Waals surface area (Å²) >= 11 is 5.70. The van der Waals surface area contributed by atoms with Gasteiger partial charge in [-0.15, -0.1) is 0 Å². The van der Waals surface area contributed by atoms with Gasteiger partial charge in [0, 0.05) is 0 Å². The second-order valence-electron chi connectivity index (χ2n) is 3.48. The van der Waals surface area contributed by atoms with E-state index in [9.17, 15) is 8.42 Å². The topological polar surface area (TPSA) is 74.7 Å². The van der Waals surface area contributed by atoms with Gasteiger partial charge in [-0.2, -0.15) is 13.4 Å². The van der Waals surface area contributed by atoms with Gasteiger partial charge in [-0.1, -0.05) is 11.6 Å². The molecule has 0 bridgehead atoms. The molecule has 0 fully saturated rings. The Bertz CT molecular complexity index is 518. The van der Waals surface area contributed by atoms with Crippen LogP contribution in [0.5, 0.6) is 11.6 Å². The Labute approximate surface area is 104 Å². The number of halogens is 1. The molecule has 0 saturated carbocycles. The van der Waals surface area contributed by atoms with Gasteiger partial charge in [-0.3, -0.25) is 4.18 Å². The molecule has 1 aromatic heterocycles. The van der Waals surface area contributed by atoms with Crippen LogP contribution in [0.3, 0.4) is 0 Å². The largest absolute Gasteiger partial charge is 0.484 e. The summed E-state index contributed by atoms with van der Waals surface area (Å²) in [4.78, 5) is 3.92. The lowest BCUT2D eigenvalue weighted by Crippen LogP contribution is -2.34. The average Bonchev–Trinajstić information content (AvgIpc) is 2.24. The lowest BCUT2D eigenvalue weighted by atomic mass is 10.3. The lowest BCUT2D eigenvalue weighted by molar-refractivity contribution is 0.0510. The lowest BCUT2D eigenvalue weighted by Gasteiger charge is -2.24. The number of rotatable bonds is 3. The summed E-state index contributed by atoms with van der Waals surface area (Å²) in [6.07, 6.45) is 0.447. The molecular formula is C9H10ClNO5S. The maximum atomic E-state index is 10.8. The fourth-order valence-electron chi connectivity index (χ4n) is 1.26. The molecule has 0 radical (unpaired) electrons. The Hall–Kier alpha value is -1.05. The highest BCUT2D eigenvalue weighted by atomic mass is 35.5. The maximum absolute atomic E-state index is 10.8. The third-order valence-electron chi connectivity index (χ3n) is 1.96. The Morgan fingerprint density at radius 3 is 3.06 bits per heavy atom. The highest BCUT2D eigenvalue weighted by molar-refractivity contribution is 7.85. The Balaban J connectivity index is 2.03. The molecule has 2 heterocycles. The van der Waals surface area contributed by atoms with Crippen molar-refractivity contribution in [2.75, 3.05) is 19.5 Å². The van der Waals surface area contributed by atoms with Crippen LogP contribution in [0, 0.1) is 0 Å². The summed E-state index contributed by atoms with van der Waals surface area (Å²) in [5.41, 5.74) is 0. The molecule has 0 N–H and O–H groups in total. The zero-order chi connectivity index (χ0) is 12.5. The molecule has 17 heavy (non-hydrogen) atoms. The molecule has 1 aromatic rings. The first kappa shape index (κ1) is 12.4. The molecule has 0 aromatic carbocycles. The molecule has 1 unspecified atom stereocenters. The summed E-state index contributed by atoms with van der Waals surface area (Å²) in [6.45, 7) is 0.0816. The van der Waals surface area contributed by atoms with Crippen molar-refractivity contribution < 1.29 is 22.1 Å². The third-order valence-corrected chi connectivity index (χ3v) is 2.74. The Morgan fingerprint density at radius 1 is 1.59 bits per heavy atom. The van der Waals surface area contributed by atoms with Crippen LogP contribution in [-0.4, -0.2) is 39.0 Å². The smallest absolute Gasteiger partial charge is 0.264 e. The van der Waals surface area contributed by atoms with Gasteiger partial charge in [0.15, 0.2) is 11.9 Å². The van der Waals surface area contributed by atoms with E-state index in [-0.39, 0.29) is 24.2 Å². The minimum absolute atomic E-state index is 0.119. The maximum Gasteiger partial charge on any atom is 0.264 e. The molecule has 0 saturated heterocycles. The Morgan fingerprint density at radius 2 is 2.35 bits per heavy atom. The minimum Gasteiger partial charge on any atom is -0.484 e. The van der Waals surface area contributed by atoms with Crippen LogP contribution in [-0.2, 0) is 14.3 Å². The first-order valence-electron chi connectivity index (χ1n) is 4.74. The molecule has 94 valence electrons. The molecular weight excluding hydrogens is 270 g/mol. The van der Waals surface area contributed by atoms with E-state index in [0.29, 0.717) is 5.75 Å². The fourth-order valence-corrected chi connectivity index (χ4v) is 1.79. The van der Waals surface area contributed by atoms with Crippen LogP contribution in [0.4, 0.5) is 0 Å². The normalized spacial score (nSPS) is 19.1. The highest BCUT2D eigenvalue weighted by Crippen LogP contribution is 2.30. The van der Waals surface area contributed by atoms with Crippen LogP contribution in [0.1, 0.15) is 0 Å². The van der Waals surface area contributed by atoms with Crippen molar-refractivity contribution >= 4 is 21.7 Å².